The molecule has 0 aliphatic heterocycles. The van der Waals surface area contributed by atoms with E-state index in [9.17, 15) is 24.3 Å². The predicted octanol–water partition coefficient (Wildman–Crippen LogP) is 3.80. The molecule has 2 unspecified atom stereocenters. The van der Waals surface area contributed by atoms with Crippen molar-refractivity contribution >= 4 is 35.3 Å². The fourth-order valence-corrected chi connectivity index (χ4v) is 4.46. The molecule has 0 radical (unpaired) electrons. The Morgan fingerprint density at radius 3 is 1.63 bits per heavy atom. The first-order valence-corrected chi connectivity index (χ1v) is 15.3. The molecule has 0 bridgehead atoms. The Morgan fingerprint density at radius 2 is 1.13 bits per heavy atom. The number of benzene rings is 2. The minimum Gasteiger partial charge on any atom is -0.508 e. The lowest BCUT2D eigenvalue weighted by Gasteiger charge is -2.31. The molecule has 0 aliphatic carbocycles. The van der Waals surface area contributed by atoms with E-state index in [1.807, 2.05) is 13.0 Å². The fourth-order valence-electron chi connectivity index (χ4n) is 4.46. The minimum atomic E-state index is -0.911. The largest absolute Gasteiger partial charge is 0.508 e. The second-order valence-electron chi connectivity index (χ2n) is 10.0. The van der Waals surface area contributed by atoms with Crippen molar-refractivity contribution in [2.45, 2.75) is 60.5 Å². The van der Waals surface area contributed by atoms with Crippen LogP contribution in [0.1, 0.15) is 47.1 Å². The number of rotatable bonds is 19. The van der Waals surface area contributed by atoms with Gasteiger partial charge >= 0.3 is 23.9 Å². The van der Waals surface area contributed by atoms with Crippen LogP contribution in [0.15, 0.2) is 36.4 Å². The summed E-state index contributed by atoms with van der Waals surface area (Å²) in [6.07, 6.45) is 0. The number of hydrogen-bond donors (Lipinski definition) is 1. The van der Waals surface area contributed by atoms with E-state index in [1.54, 1.807) is 58.6 Å². The Bertz CT molecular complexity index is 1320. The van der Waals surface area contributed by atoms with Gasteiger partial charge in [0.15, 0.2) is 0 Å². The zero-order valence-electron chi connectivity index (χ0n) is 27.7. The summed E-state index contributed by atoms with van der Waals surface area (Å²) in [6, 6.07) is 7.94. The molecule has 0 aliphatic rings. The van der Waals surface area contributed by atoms with Crippen molar-refractivity contribution in [1.29, 1.82) is 0 Å². The summed E-state index contributed by atoms with van der Waals surface area (Å²) >= 11 is 0. The van der Waals surface area contributed by atoms with Crippen LogP contribution in [0.3, 0.4) is 0 Å². The van der Waals surface area contributed by atoms with E-state index < -0.39 is 36.0 Å². The number of carbonyl (C=O) groups excluding carboxylic acids is 4. The SMILES string of the molecule is CCOC(=O)CN(c1ccc(C)cc1OCCOc1ccc(O)cc1N(CC(=O)OCC)C(C)C(=O)OCC)C(C)C(=O)OCC. The van der Waals surface area contributed by atoms with Crippen LogP contribution < -0.4 is 19.3 Å². The van der Waals surface area contributed by atoms with E-state index in [0.29, 0.717) is 11.4 Å². The molecule has 0 aromatic heterocycles. The minimum absolute atomic E-state index is 0.0114. The summed E-state index contributed by atoms with van der Waals surface area (Å²) in [7, 11) is 0. The molecule has 0 fully saturated rings. The Kier molecular flexibility index (Phi) is 15.5. The third-order valence-electron chi connectivity index (χ3n) is 6.68. The molecule has 2 atom stereocenters. The van der Waals surface area contributed by atoms with Crippen molar-refractivity contribution in [2.24, 2.45) is 0 Å². The standard InChI is InChI=1S/C33H46N2O11/c1-8-41-30(37)20-34(23(6)32(39)43-10-3)26-14-12-22(5)18-29(26)46-17-16-45-28-15-13-25(36)19-27(28)35(21-31(38)42-9-2)24(7)33(40)44-11-4/h12-15,18-19,23-24,36H,8-11,16-17,20-21H2,1-7H3. The van der Waals surface area contributed by atoms with Crippen LogP contribution in [-0.4, -0.2) is 93.8 Å². The molecule has 46 heavy (non-hydrogen) atoms. The van der Waals surface area contributed by atoms with Gasteiger partial charge in [-0.25, -0.2) is 9.59 Å². The van der Waals surface area contributed by atoms with Crippen LogP contribution in [0, 0.1) is 6.92 Å². The lowest BCUT2D eigenvalue weighted by atomic mass is 10.1. The average molecular weight is 647 g/mol. The van der Waals surface area contributed by atoms with Gasteiger partial charge < -0.3 is 43.3 Å². The van der Waals surface area contributed by atoms with Crippen molar-refractivity contribution in [3.8, 4) is 17.2 Å². The second kappa shape index (κ2) is 19.0. The van der Waals surface area contributed by atoms with Gasteiger partial charge in [-0.2, -0.15) is 0 Å². The van der Waals surface area contributed by atoms with Gasteiger partial charge in [0.05, 0.1) is 37.8 Å². The second-order valence-corrected chi connectivity index (χ2v) is 10.0. The van der Waals surface area contributed by atoms with Gasteiger partial charge in [0, 0.05) is 6.07 Å². The number of ether oxygens (including phenoxy) is 6. The van der Waals surface area contributed by atoms with Gasteiger partial charge in [-0.15, -0.1) is 0 Å². The van der Waals surface area contributed by atoms with Gasteiger partial charge in [0.25, 0.3) is 0 Å². The van der Waals surface area contributed by atoms with E-state index in [1.165, 1.54) is 23.1 Å². The summed E-state index contributed by atoms with van der Waals surface area (Å²) < 4.78 is 32.8. The van der Waals surface area contributed by atoms with Gasteiger partial charge in [-0.05, 0) is 78.3 Å². The van der Waals surface area contributed by atoms with Crippen molar-refractivity contribution < 1.29 is 52.7 Å². The van der Waals surface area contributed by atoms with Crippen LogP contribution in [0.5, 0.6) is 17.2 Å². The smallest absolute Gasteiger partial charge is 0.328 e. The highest BCUT2D eigenvalue weighted by atomic mass is 16.6. The highest BCUT2D eigenvalue weighted by Crippen LogP contribution is 2.35. The number of aromatic hydroxyl groups is 1. The van der Waals surface area contributed by atoms with Gasteiger partial charge in [0.1, 0.15) is 55.6 Å². The number of phenolic OH excluding ortho intramolecular Hbond substituents is 1. The summed E-state index contributed by atoms with van der Waals surface area (Å²) in [5, 5.41) is 10.3. The van der Waals surface area contributed by atoms with E-state index >= 15 is 0 Å². The summed E-state index contributed by atoms with van der Waals surface area (Å²) in [5.74, 6) is -1.61. The van der Waals surface area contributed by atoms with Crippen molar-refractivity contribution in [2.75, 3.05) is 62.5 Å². The molecular formula is C33H46N2O11. The topological polar surface area (TPSA) is 150 Å². The molecule has 0 heterocycles. The number of phenols is 1. The first-order chi connectivity index (χ1) is 22.0. The van der Waals surface area contributed by atoms with Crippen LogP contribution >= 0.6 is 0 Å². The maximum atomic E-state index is 12.7. The zero-order valence-corrected chi connectivity index (χ0v) is 27.7. The molecule has 13 nitrogen and oxygen atoms in total. The summed E-state index contributed by atoms with van der Waals surface area (Å²) in [4.78, 5) is 53.3. The fraction of sp³-hybridized carbons (Fsp3) is 0.515. The molecule has 0 spiro atoms. The average Bonchev–Trinajstić information content (AvgIpc) is 3.01. The van der Waals surface area contributed by atoms with Gasteiger partial charge in [0.2, 0.25) is 0 Å². The monoisotopic (exact) mass is 646 g/mol. The third kappa shape index (κ3) is 11.0. The van der Waals surface area contributed by atoms with Crippen LogP contribution in [-0.2, 0) is 38.1 Å². The molecule has 2 aromatic rings. The molecular weight excluding hydrogens is 600 g/mol. The number of hydrogen-bond acceptors (Lipinski definition) is 13. The molecule has 13 heteroatoms. The van der Waals surface area contributed by atoms with Crippen molar-refractivity contribution in [1.82, 2.24) is 0 Å². The molecule has 0 saturated carbocycles. The number of aryl methyl sites for hydroxylation is 1. The van der Waals surface area contributed by atoms with E-state index in [4.69, 9.17) is 28.4 Å². The Morgan fingerprint density at radius 1 is 0.652 bits per heavy atom. The first kappa shape index (κ1) is 37.5. The molecule has 2 rings (SSSR count). The number of esters is 4. The number of anilines is 2. The number of nitrogens with zero attached hydrogens (tertiary/aromatic N) is 2. The van der Waals surface area contributed by atoms with Crippen molar-refractivity contribution in [3.63, 3.8) is 0 Å². The van der Waals surface area contributed by atoms with Crippen LogP contribution in [0.2, 0.25) is 0 Å². The lowest BCUT2D eigenvalue weighted by Crippen LogP contribution is -2.44. The molecule has 0 saturated heterocycles. The molecule has 2 aromatic carbocycles. The molecule has 1 N–H and O–H groups in total. The molecule has 254 valence electrons. The number of carbonyl (C=O) groups is 4. The zero-order chi connectivity index (χ0) is 34.2. The first-order valence-electron chi connectivity index (χ1n) is 15.3. The highest BCUT2D eigenvalue weighted by molar-refractivity contribution is 5.86. The van der Waals surface area contributed by atoms with E-state index in [2.05, 4.69) is 0 Å². The Balaban J connectivity index is 2.33. The maximum absolute atomic E-state index is 12.7. The summed E-state index contributed by atoms with van der Waals surface area (Å²) in [5.41, 5.74) is 1.63. The lowest BCUT2D eigenvalue weighted by molar-refractivity contribution is -0.146. The summed E-state index contributed by atoms with van der Waals surface area (Å²) in [6.45, 7) is 12.0. The van der Waals surface area contributed by atoms with Crippen molar-refractivity contribution in [3.05, 3.63) is 42.0 Å². The quantitative estimate of drug-likeness (QED) is 0.134. The predicted molar refractivity (Wildman–Crippen MR) is 170 cm³/mol. The Hall–Kier alpha value is -4.68. The maximum Gasteiger partial charge on any atom is 0.328 e. The normalized spacial score (nSPS) is 11.9. The Labute approximate surface area is 270 Å². The van der Waals surface area contributed by atoms with E-state index in [-0.39, 0.29) is 69.9 Å². The van der Waals surface area contributed by atoms with Gasteiger partial charge in [-0.3, -0.25) is 9.59 Å². The van der Waals surface area contributed by atoms with Crippen LogP contribution in [0.4, 0.5) is 11.4 Å². The van der Waals surface area contributed by atoms with Gasteiger partial charge in [-0.1, -0.05) is 6.07 Å². The van der Waals surface area contributed by atoms with E-state index in [0.717, 1.165) is 5.56 Å². The third-order valence-corrected chi connectivity index (χ3v) is 6.68. The highest BCUT2D eigenvalue weighted by Gasteiger charge is 2.29. The van der Waals surface area contributed by atoms with Crippen LogP contribution in [0.25, 0.3) is 0 Å². The molecule has 0 amide bonds.